The molecule has 1 saturated heterocycles. The number of hydrogen-bond acceptors (Lipinski definition) is 3. The Morgan fingerprint density at radius 2 is 1.89 bits per heavy atom. The SMILES string of the molecule is COc1ccc(CN2CNCC23CCCCC3)cc1. The summed E-state index contributed by atoms with van der Waals surface area (Å²) in [4.78, 5) is 2.65. The summed E-state index contributed by atoms with van der Waals surface area (Å²) in [7, 11) is 1.72. The second-order valence-electron chi connectivity index (χ2n) is 5.92. The van der Waals surface area contributed by atoms with Crippen molar-refractivity contribution >= 4 is 0 Å². The number of benzene rings is 1. The van der Waals surface area contributed by atoms with E-state index in [-0.39, 0.29) is 0 Å². The van der Waals surface area contributed by atoms with Gasteiger partial charge < -0.3 is 10.1 Å². The van der Waals surface area contributed by atoms with Crippen LogP contribution in [0.2, 0.25) is 0 Å². The minimum atomic E-state index is 0.429. The van der Waals surface area contributed by atoms with Gasteiger partial charge >= 0.3 is 0 Å². The first-order chi connectivity index (χ1) is 9.32. The van der Waals surface area contributed by atoms with Crippen LogP contribution in [0.5, 0.6) is 5.75 Å². The highest BCUT2D eigenvalue weighted by atomic mass is 16.5. The van der Waals surface area contributed by atoms with Crippen LogP contribution >= 0.6 is 0 Å². The van der Waals surface area contributed by atoms with Gasteiger partial charge in [0.15, 0.2) is 0 Å². The number of rotatable bonds is 3. The smallest absolute Gasteiger partial charge is 0.118 e. The Hall–Kier alpha value is -1.06. The molecule has 2 aliphatic rings. The maximum absolute atomic E-state index is 5.22. The summed E-state index contributed by atoms with van der Waals surface area (Å²) in [6.45, 7) is 3.26. The van der Waals surface area contributed by atoms with Crippen LogP contribution in [0.15, 0.2) is 24.3 Å². The summed E-state index contributed by atoms with van der Waals surface area (Å²) in [6, 6.07) is 8.50. The van der Waals surface area contributed by atoms with Crippen LogP contribution in [-0.4, -0.2) is 30.8 Å². The third-order valence-corrected chi connectivity index (χ3v) is 4.74. The number of methoxy groups -OCH3 is 1. The second kappa shape index (κ2) is 5.51. The molecule has 1 aliphatic carbocycles. The molecule has 1 N–H and O–H groups in total. The Morgan fingerprint density at radius 1 is 1.16 bits per heavy atom. The van der Waals surface area contributed by atoms with Gasteiger partial charge in [-0.1, -0.05) is 31.4 Å². The molecule has 1 aromatic carbocycles. The molecule has 0 atom stereocenters. The molecule has 3 heteroatoms. The van der Waals surface area contributed by atoms with E-state index in [0.717, 1.165) is 19.0 Å². The zero-order valence-electron chi connectivity index (χ0n) is 11.8. The Labute approximate surface area is 115 Å². The zero-order chi connectivity index (χ0) is 13.1. The van der Waals surface area contributed by atoms with Crippen molar-refractivity contribution in [1.82, 2.24) is 10.2 Å². The molecular weight excluding hydrogens is 236 g/mol. The van der Waals surface area contributed by atoms with Gasteiger partial charge in [0.2, 0.25) is 0 Å². The van der Waals surface area contributed by atoms with Gasteiger partial charge in [-0.3, -0.25) is 4.90 Å². The minimum absolute atomic E-state index is 0.429. The zero-order valence-corrected chi connectivity index (χ0v) is 11.8. The van der Waals surface area contributed by atoms with Gasteiger partial charge in [0.1, 0.15) is 5.75 Å². The molecule has 0 radical (unpaired) electrons. The highest BCUT2D eigenvalue weighted by Gasteiger charge is 2.41. The van der Waals surface area contributed by atoms with Crippen molar-refractivity contribution in [3.05, 3.63) is 29.8 Å². The summed E-state index contributed by atoms with van der Waals surface area (Å²) in [5.41, 5.74) is 1.81. The summed E-state index contributed by atoms with van der Waals surface area (Å²) in [6.07, 6.45) is 6.91. The van der Waals surface area contributed by atoms with Gasteiger partial charge in [0.05, 0.1) is 7.11 Å². The molecule has 0 unspecified atom stereocenters. The van der Waals surface area contributed by atoms with E-state index >= 15 is 0 Å². The fourth-order valence-corrected chi connectivity index (χ4v) is 3.58. The van der Waals surface area contributed by atoms with Crippen molar-refractivity contribution in [2.24, 2.45) is 0 Å². The van der Waals surface area contributed by atoms with Crippen LogP contribution in [-0.2, 0) is 6.54 Å². The van der Waals surface area contributed by atoms with Crippen LogP contribution in [0.25, 0.3) is 0 Å². The van der Waals surface area contributed by atoms with Crippen molar-refractivity contribution in [3.63, 3.8) is 0 Å². The topological polar surface area (TPSA) is 24.5 Å². The predicted octanol–water partition coefficient (Wildman–Crippen LogP) is 2.76. The van der Waals surface area contributed by atoms with Gasteiger partial charge in [-0.05, 0) is 30.5 Å². The molecule has 0 bridgehead atoms. The number of nitrogens with one attached hydrogen (secondary N) is 1. The third kappa shape index (κ3) is 2.63. The fraction of sp³-hybridized carbons (Fsp3) is 0.625. The van der Waals surface area contributed by atoms with Crippen molar-refractivity contribution < 1.29 is 4.74 Å². The molecule has 1 heterocycles. The summed E-state index contributed by atoms with van der Waals surface area (Å²) in [5, 5.41) is 3.58. The van der Waals surface area contributed by atoms with Crippen LogP contribution in [0.3, 0.4) is 0 Å². The van der Waals surface area contributed by atoms with Crippen molar-refractivity contribution in [3.8, 4) is 5.75 Å². The lowest BCUT2D eigenvalue weighted by molar-refractivity contribution is 0.0953. The van der Waals surface area contributed by atoms with E-state index in [0.29, 0.717) is 5.54 Å². The molecule has 19 heavy (non-hydrogen) atoms. The number of hydrogen-bond donors (Lipinski definition) is 1. The molecule has 2 fully saturated rings. The van der Waals surface area contributed by atoms with E-state index < -0.39 is 0 Å². The monoisotopic (exact) mass is 260 g/mol. The molecular formula is C16H24N2O. The molecule has 0 amide bonds. The van der Waals surface area contributed by atoms with Crippen molar-refractivity contribution in [1.29, 1.82) is 0 Å². The van der Waals surface area contributed by atoms with E-state index in [1.54, 1.807) is 7.11 Å². The largest absolute Gasteiger partial charge is 0.497 e. The normalized spacial score (nSPS) is 22.8. The van der Waals surface area contributed by atoms with E-state index in [2.05, 4.69) is 34.5 Å². The van der Waals surface area contributed by atoms with Gasteiger partial charge in [-0.2, -0.15) is 0 Å². The average Bonchev–Trinajstić information content (AvgIpc) is 2.83. The number of nitrogens with zero attached hydrogens (tertiary/aromatic N) is 1. The molecule has 3 nitrogen and oxygen atoms in total. The van der Waals surface area contributed by atoms with Crippen LogP contribution in [0.1, 0.15) is 37.7 Å². The van der Waals surface area contributed by atoms with E-state index in [4.69, 9.17) is 4.74 Å². The maximum atomic E-state index is 5.22. The Morgan fingerprint density at radius 3 is 2.58 bits per heavy atom. The fourth-order valence-electron chi connectivity index (χ4n) is 3.58. The lowest BCUT2D eigenvalue weighted by Gasteiger charge is -2.40. The predicted molar refractivity (Wildman–Crippen MR) is 77.2 cm³/mol. The molecule has 1 aromatic rings. The molecule has 1 aliphatic heterocycles. The Balaban J connectivity index is 1.70. The van der Waals surface area contributed by atoms with Gasteiger partial charge in [0.25, 0.3) is 0 Å². The Bertz CT molecular complexity index is 409. The van der Waals surface area contributed by atoms with Crippen LogP contribution in [0.4, 0.5) is 0 Å². The highest BCUT2D eigenvalue weighted by molar-refractivity contribution is 5.27. The van der Waals surface area contributed by atoms with Crippen molar-refractivity contribution in [2.75, 3.05) is 20.3 Å². The molecule has 1 saturated carbocycles. The Kier molecular flexibility index (Phi) is 3.76. The highest BCUT2D eigenvalue weighted by Crippen LogP contribution is 2.36. The summed E-state index contributed by atoms with van der Waals surface area (Å²) < 4.78 is 5.22. The average molecular weight is 260 g/mol. The van der Waals surface area contributed by atoms with E-state index in [1.807, 2.05) is 0 Å². The maximum Gasteiger partial charge on any atom is 0.118 e. The lowest BCUT2D eigenvalue weighted by atomic mass is 9.81. The van der Waals surface area contributed by atoms with Gasteiger partial charge in [-0.15, -0.1) is 0 Å². The molecule has 104 valence electrons. The molecule has 3 rings (SSSR count). The standard InChI is InChI=1S/C16H24N2O/c1-19-15-7-5-14(6-8-15)11-18-13-17-12-16(18)9-3-2-4-10-16/h5-8,17H,2-4,9-13H2,1H3. The van der Waals surface area contributed by atoms with E-state index in [1.165, 1.54) is 44.2 Å². The van der Waals surface area contributed by atoms with Gasteiger partial charge in [0, 0.05) is 25.3 Å². The van der Waals surface area contributed by atoms with Gasteiger partial charge in [-0.25, -0.2) is 0 Å². The first kappa shape index (κ1) is 12.9. The second-order valence-corrected chi connectivity index (χ2v) is 5.92. The molecule has 0 aromatic heterocycles. The molecule has 1 spiro atoms. The van der Waals surface area contributed by atoms with E-state index in [9.17, 15) is 0 Å². The third-order valence-electron chi connectivity index (χ3n) is 4.74. The minimum Gasteiger partial charge on any atom is -0.497 e. The van der Waals surface area contributed by atoms with Crippen molar-refractivity contribution in [2.45, 2.75) is 44.2 Å². The quantitative estimate of drug-likeness (QED) is 0.904. The first-order valence-corrected chi connectivity index (χ1v) is 7.41. The van der Waals surface area contributed by atoms with Crippen LogP contribution in [0, 0.1) is 0 Å². The van der Waals surface area contributed by atoms with Crippen LogP contribution < -0.4 is 10.1 Å². The summed E-state index contributed by atoms with van der Waals surface area (Å²) in [5.74, 6) is 0.940. The number of ether oxygens (including phenoxy) is 1. The first-order valence-electron chi connectivity index (χ1n) is 7.41. The summed E-state index contributed by atoms with van der Waals surface area (Å²) >= 11 is 0. The lowest BCUT2D eigenvalue weighted by Crippen LogP contribution is -2.46.